The van der Waals surface area contributed by atoms with Crippen LogP contribution >= 0.6 is 23.8 Å². The second-order valence-corrected chi connectivity index (χ2v) is 4.10. The number of nitrogens with two attached hydrogens (primary N) is 1. The molecule has 1 rings (SSSR count). The fraction of sp³-hybridized carbons (Fsp3) is 0.444. The molecule has 88 valence electrons. The summed E-state index contributed by atoms with van der Waals surface area (Å²) in [5, 5.41) is 0.464. The Morgan fingerprint density at radius 3 is 2.94 bits per heavy atom. The first-order valence-electron chi connectivity index (χ1n) is 4.60. The van der Waals surface area contributed by atoms with Crippen LogP contribution in [0.2, 0.25) is 5.02 Å². The quantitative estimate of drug-likeness (QED) is 0.804. The van der Waals surface area contributed by atoms with Gasteiger partial charge < -0.3 is 15.4 Å². The van der Waals surface area contributed by atoms with E-state index in [-0.39, 0.29) is 6.01 Å². The molecule has 0 atom stereocenters. The molecule has 0 aliphatic rings. The molecule has 7 heteroatoms. The van der Waals surface area contributed by atoms with Crippen LogP contribution in [0, 0.1) is 0 Å². The van der Waals surface area contributed by atoms with E-state index in [4.69, 9.17) is 34.3 Å². The molecule has 0 fully saturated rings. The monoisotopic (exact) mass is 260 g/mol. The van der Waals surface area contributed by atoms with Gasteiger partial charge in [-0.15, -0.1) is 0 Å². The van der Waals surface area contributed by atoms with Gasteiger partial charge in [0, 0.05) is 20.0 Å². The van der Waals surface area contributed by atoms with Crippen LogP contribution in [-0.4, -0.2) is 35.7 Å². The zero-order chi connectivity index (χ0) is 12.1. The van der Waals surface area contributed by atoms with Gasteiger partial charge in [0.05, 0.1) is 18.3 Å². The smallest absolute Gasteiger partial charge is 0.318 e. The molecular formula is C9H13ClN4OS. The van der Waals surface area contributed by atoms with E-state index in [0.717, 1.165) is 0 Å². The van der Waals surface area contributed by atoms with E-state index < -0.39 is 0 Å². The fourth-order valence-electron chi connectivity index (χ4n) is 1.09. The third-order valence-corrected chi connectivity index (χ3v) is 2.41. The molecule has 0 aliphatic heterocycles. The average molecular weight is 261 g/mol. The summed E-state index contributed by atoms with van der Waals surface area (Å²) in [6.45, 7) is 0.648. The van der Waals surface area contributed by atoms with Gasteiger partial charge in [0.25, 0.3) is 0 Å². The van der Waals surface area contributed by atoms with Crippen molar-refractivity contribution in [2.24, 2.45) is 5.73 Å². The van der Waals surface area contributed by atoms with E-state index in [9.17, 15) is 0 Å². The standard InChI is InChI=1S/C9H13ClN4OS/c1-14(4-3-7(11)16)8-6(10)5-12-9(13-8)15-2/h5H,3-4H2,1-2H3,(H2,11,16). The second-order valence-electron chi connectivity index (χ2n) is 3.17. The number of ether oxygens (including phenoxy) is 1. The number of rotatable bonds is 5. The minimum Gasteiger partial charge on any atom is -0.467 e. The normalized spacial score (nSPS) is 9.94. The lowest BCUT2D eigenvalue weighted by Crippen LogP contribution is -2.24. The average Bonchev–Trinajstić information content (AvgIpc) is 2.26. The van der Waals surface area contributed by atoms with Crippen molar-refractivity contribution >= 4 is 34.6 Å². The predicted molar refractivity (Wildman–Crippen MR) is 68.3 cm³/mol. The fourth-order valence-corrected chi connectivity index (χ4v) is 1.42. The highest BCUT2D eigenvalue weighted by Crippen LogP contribution is 2.23. The highest BCUT2D eigenvalue weighted by Gasteiger charge is 2.10. The Labute approximate surface area is 105 Å². The van der Waals surface area contributed by atoms with E-state index >= 15 is 0 Å². The summed E-state index contributed by atoms with van der Waals surface area (Å²) in [7, 11) is 3.36. The Bertz CT molecular complexity index is 388. The number of nitrogens with zero attached hydrogens (tertiary/aromatic N) is 3. The Balaban J connectivity index is 2.80. The third kappa shape index (κ3) is 3.46. The van der Waals surface area contributed by atoms with E-state index in [1.807, 2.05) is 11.9 Å². The molecular weight excluding hydrogens is 248 g/mol. The first kappa shape index (κ1) is 12.9. The van der Waals surface area contributed by atoms with Crippen LogP contribution in [0.25, 0.3) is 0 Å². The van der Waals surface area contributed by atoms with Gasteiger partial charge in [0.2, 0.25) is 0 Å². The first-order chi connectivity index (χ1) is 7.54. The molecule has 0 bridgehead atoms. The maximum Gasteiger partial charge on any atom is 0.318 e. The highest BCUT2D eigenvalue weighted by atomic mass is 35.5. The summed E-state index contributed by atoms with van der Waals surface area (Å²) in [5.41, 5.74) is 5.43. The van der Waals surface area contributed by atoms with Crippen LogP contribution < -0.4 is 15.4 Å². The minimum absolute atomic E-state index is 0.279. The summed E-state index contributed by atoms with van der Waals surface area (Å²) in [6.07, 6.45) is 2.11. The van der Waals surface area contributed by atoms with Gasteiger partial charge >= 0.3 is 6.01 Å². The molecule has 2 N–H and O–H groups in total. The Kier molecular flexibility index (Phi) is 4.70. The van der Waals surface area contributed by atoms with Crippen molar-refractivity contribution in [1.29, 1.82) is 0 Å². The Morgan fingerprint density at radius 2 is 2.38 bits per heavy atom. The van der Waals surface area contributed by atoms with Crippen molar-refractivity contribution in [2.75, 3.05) is 25.6 Å². The van der Waals surface area contributed by atoms with Gasteiger partial charge in [-0.1, -0.05) is 23.8 Å². The van der Waals surface area contributed by atoms with Gasteiger partial charge in [-0.3, -0.25) is 0 Å². The van der Waals surface area contributed by atoms with Crippen molar-refractivity contribution in [3.05, 3.63) is 11.2 Å². The molecule has 5 nitrogen and oxygen atoms in total. The van der Waals surface area contributed by atoms with Crippen LogP contribution in [-0.2, 0) is 0 Å². The molecule has 16 heavy (non-hydrogen) atoms. The van der Waals surface area contributed by atoms with Gasteiger partial charge in [0.1, 0.15) is 5.02 Å². The lowest BCUT2D eigenvalue weighted by Gasteiger charge is -2.18. The second kappa shape index (κ2) is 5.81. The zero-order valence-corrected chi connectivity index (χ0v) is 10.7. The first-order valence-corrected chi connectivity index (χ1v) is 5.39. The molecule has 0 spiro atoms. The highest BCUT2D eigenvalue weighted by molar-refractivity contribution is 7.80. The van der Waals surface area contributed by atoms with Crippen LogP contribution in [0.5, 0.6) is 6.01 Å². The van der Waals surface area contributed by atoms with E-state index in [1.54, 1.807) is 0 Å². The van der Waals surface area contributed by atoms with Crippen molar-refractivity contribution in [1.82, 2.24) is 9.97 Å². The zero-order valence-electron chi connectivity index (χ0n) is 9.11. The molecule has 0 saturated carbocycles. The van der Waals surface area contributed by atoms with E-state index in [0.29, 0.717) is 28.8 Å². The van der Waals surface area contributed by atoms with Gasteiger partial charge in [0.15, 0.2) is 5.82 Å². The van der Waals surface area contributed by atoms with Crippen LogP contribution in [0.1, 0.15) is 6.42 Å². The molecule has 0 aliphatic carbocycles. The molecule has 0 unspecified atom stereocenters. The summed E-state index contributed by atoms with van der Waals surface area (Å²) in [6, 6.07) is 0.279. The predicted octanol–water partition coefficient (Wildman–Crippen LogP) is 1.25. The summed E-state index contributed by atoms with van der Waals surface area (Å²) >= 11 is 10.8. The molecule has 0 amide bonds. The summed E-state index contributed by atoms with van der Waals surface area (Å²) in [4.78, 5) is 10.4. The van der Waals surface area contributed by atoms with Crippen molar-refractivity contribution in [3.63, 3.8) is 0 Å². The van der Waals surface area contributed by atoms with Crippen molar-refractivity contribution < 1.29 is 4.74 Å². The largest absolute Gasteiger partial charge is 0.467 e. The number of aromatic nitrogens is 2. The number of thiocarbonyl (C=S) groups is 1. The van der Waals surface area contributed by atoms with Crippen LogP contribution in [0.3, 0.4) is 0 Å². The van der Waals surface area contributed by atoms with Gasteiger partial charge in [-0.05, 0) is 0 Å². The minimum atomic E-state index is 0.279. The SMILES string of the molecule is COc1ncc(Cl)c(N(C)CCC(N)=S)n1. The van der Waals surface area contributed by atoms with Gasteiger partial charge in [-0.25, -0.2) is 4.98 Å². The van der Waals surface area contributed by atoms with Gasteiger partial charge in [-0.2, -0.15) is 4.98 Å². The van der Waals surface area contributed by atoms with Crippen molar-refractivity contribution in [3.8, 4) is 6.01 Å². The van der Waals surface area contributed by atoms with Crippen LogP contribution in [0.15, 0.2) is 6.20 Å². The molecule has 1 aromatic heterocycles. The lowest BCUT2D eigenvalue weighted by atomic mass is 10.4. The third-order valence-electron chi connectivity index (χ3n) is 1.94. The Hall–Kier alpha value is -1.14. The number of halogens is 1. The number of methoxy groups -OCH3 is 1. The molecule has 0 radical (unpaired) electrons. The number of hydrogen-bond acceptors (Lipinski definition) is 5. The lowest BCUT2D eigenvalue weighted by molar-refractivity contribution is 0.380. The summed E-state index contributed by atoms with van der Waals surface area (Å²) in [5.74, 6) is 0.602. The maximum absolute atomic E-state index is 5.98. The molecule has 0 saturated heterocycles. The summed E-state index contributed by atoms with van der Waals surface area (Å²) < 4.78 is 4.93. The van der Waals surface area contributed by atoms with E-state index in [1.165, 1.54) is 13.3 Å². The Morgan fingerprint density at radius 1 is 1.69 bits per heavy atom. The topological polar surface area (TPSA) is 64.3 Å². The molecule has 1 heterocycles. The number of anilines is 1. The van der Waals surface area contributed by atoms with Crippen molar-refractivity contribution in [2.45, 2.75) is 6.42 Å². The number of hydrogen-bond donors (Lipinski definition) is 1. The van der Waals surface area contributed by atoms with E-state index in [2.05, 4.69) is 9.97 Å². The molecule has 1 aromatic rings. The van der Waals surface area contributed by atoms with Crippen LogP contribution in [0.4, 0.5) is 5.82 Å². The molecule has 0 aromatic carbocycles. The maximum atomic E-state index is 5.98.